The van der Waals surface area contributed by atoms with Gasteiger partial charge in [0.25, 0.3) is 0 Å². The lowest BCUT2D eigenvalue weighted by molar-refractivity contribution is -0.115. The third-order valence-electron chi connectivity index (χ3n) is 4.64. The van der Waals surface area contributed by atoms with Gasteiger partial charge in [0.2, 0.25) is 5.91 Å². The van der Waals surface area contributed by atoms with Crippen LogP contribution in [0.4, 0.5) is 5.13 Å². The second-order valence-electron chi connectivity index (χ2n) is 6.78. The Morgan fingerprint density at radius 2 is 1.57 bits per heavy atom. The molecule has 5 heteroatoms. The molecule has 1 amide bonds. The molecule has 1 N–H and O–H groups in total. The van der Waals surface area contributed by atoms with Crippen LogP contribution in [0.5, 0.6) is 0 Å². The Kier molecular flexibility index (Phi) is 6.62. The Morgan fingerprint density at radius 3 is 2.27 bits per heavy atom. The van der Waals surface area contributed by atoms with Crippen LogP contribution >= 0.6 is 23.1 Å². The van der Waals surface area contributed by atoms with Crippen LogP contribution < -0.4 is 5.32 Å². The summed E-state index contributed by atoms with van der Waals surface area (Å²) in [5, 5.41) is 5.52. The highest BCUT2D eigenvalue weighted by molar-refractivity contribution is 7.99. The highest BCUT2D eigenvalue weighted by Crippen LogP contribution is 2.28. The van der Waals surface area contributed by atoms with Crippen LogP contribution in [0.25, 0.3) is 22.4 Å². The Hall–Kier alpha value is -2.89. The van der Waals surface area contributed by atoms with E-state index in [1.165, 1.54) is 27.4 Å². The second-order valence-corrected chi connectivity index (χ2v) is 8.98. The smallest absolute Gasteiger partial charge is 0.230 e. The van der Waals surface area contributed by atoms with Crippen LogP contribution in [-0.2, 0) is 11.2 Å². The van der Waals surface area contributed by atoms with Crippen molar-refractivity contribution >= 4 is 34.1 Å². The number of rotatable bonds is 7. The third kappa shape index (κ3) is 5.17. The van der Waals surface area contributed by atoms with Gasteiger partial charge < -0.3 is 5.32 Å². The molecule has 0 fully saturated rings. The number of amides is 1. The summed E-state index contributed by atoms with van der Waals surface area (Å²) >= 11 is 3.24. The number of aromatic nitrogens is 1. The van der Waals surface area contributed by atoms with Crippen LogP contribution in [0.2, 0.25) is 0 Å². The summed E-state index contributed by atoms with van der Waals surface area (Å²) < 4.78 is 0. The summed E-state index contributed by atoms with van der Waals surface area (Å²) in [7, 11) is 0. The molecule has 0 aliphatic carbocycles. The Labute approximate surface area is 185 Å². The van der Waals surface area contributed by atoms with Gasteiger partial charge in [-0.05, 0) is 34.6 Å². The van der Waals surface area contributed by atoms with E-state index >= 15 is 0 Å². The molecule has 0 radical (unpaired) electrons. The van der Waals surface area contributed by atoms with Gasteiger partial charge in [-0.2, -0.15) is 0 Å². The SMILES string of the molecule is CCSc1ccc(CC(=O)Nc2nc(-c3ccc(-c4ccccc4)cc3)cs2)cc1. The number of nitrogens with zero attached hydrogens (tertiary/aromatic N) is 1. The summed E-state index contributed by atoms with van der Waals surface area (Å²) in [5.74, 6) is 0.993. The molecule has 0 saturated heterocycles. The lowest BCUT2D eigenvalue weighted by atomic mass is 10.0. The summed E-state index contributed by atoms with van der Waals surface area (Å²) in [6.07, 6.45) is 0.345. The maximum Gasteiger partial charge on any atom is 0.230 e. The molecular weight excluding hydrogens is 408 g/mol. The van der Waals surface area contributed by atoms with Crippen molar-refractivity contribution in [3.63, 3.8) is 0 Å². The zero-order valence-corrected chi connectivity index (χ0v) is 18.3. The van der Waals surface area contributed by atoms with Gasteiger partial charge in [0.05, 0.1) is 12.1 Å². The van der Waals surface area contributed by atoms with E-state index in [9.17, 15) is 4.79 Å². The third-order valence-corrected chi connectivity index (χ3v) is 6.29. The fourth-order valence-electron chi connectivity index (χ4n) is 3.15. The molecule has 1 heterocycles. The van der Waals surface area contributed by atoms with Crippen LogP contribution in [-0.4, -0.2) is 16.6 Å². The molecule has 3 nitrogen and oxygen atoms in total. The molecule has 3 aromatic carbocycles. The number of hydrogen-bond donors (Lipinski definition) is 1. The predicted molar refractivity (Wildman–Crippen MR) is 128 cm³/mol. The number of nitrogens with one attached hydrogen (secondary N) is 1. The zero-order valence-electron chi connectivity index (χ0n) is 16.7. The molecule has 1 aromatic heterocycles. The summed E-state index contributed by atoms with van der Waals surface area (Å²) in [4.78, 5) is 18.2. The Bertz CT molecular complexity index is 1100. The van der Waals surface area contributed by atoms with Crippen LogP contribution in [0.3, 0.4) is 0 Å². The van der Waals surface area contributed by atoms with Gasteiger partial charge in [0, 0.05) is 15.8 Å². The van der Waals surface area contributed by atoms with Crippen molar-refractivity contribution in [3.05, 3.63) is 89.8 Å². The first-order valence-electron chi connectivity index (χ1n) is 9.84. The van der Waals surface area contributed by atoms with Crippen LogP contribution in [0.15, 0.2) is 89.1 Å². The van der Waals surface area contributed by atoms with E-state index in [-0.39, 0.29) is 5.91 Å². The minimum absolute atomic E-state index is 0.0498. The van der Waals surface area contributed by atoms with E-state index in [4.69, 9.17) is 0 Å². The van der Waals surface area contributed by atoms with E-state index in [0.29, 0.717) is 11.6 Å². The van der Waals surface area contributed by atoms with E-state index in [2.05, 4.69) is 65.8 Å². The van der Waals surface area contributed by atoms with Gasteiger partial charge in [0.15, 0.2) is 5.13 Å². The lowest BCUT2D eigenvalue weighted by Crippen LogP contribution is -2.14. The van der Waals surface area contributed by atoms with Crippen molar-refractivity contribution in [2.45, 2.75) is 18.2 Å². The number of thiazole rings is 1. The molecule has 0 spiro atoms. The standard InChI is InChI=1S/C25H22N2OS2/c1-2-29-22-14-8-18(9-15-22)16-24(28)27-25-26-23(17-30-25)21-12-10-20(11-13-21)19-6-4-3-5-7-19/h3-15,17H,2,16H2,1H3,(H,26,27,28). The molecule has 4 rings (SSSR count). The molecule has 0 aliphatic rings. The minimum atomic E-state index is -0.0498. The van der Waals surface area contributed by atoms with Gasteiger partial charge in [-0.1, -0.05) is 73.7 Å². The molecule has 30 heavy (non-hydrogen) atoms. The van der Waals surface area contributed by atoms with E-state index in [0.717, 1.165) is 22.6 Å². The molecule has 0 saturated carbocycles. The van der Waals surface area contributed by atoms with E-state index in [1.54, 1.807) is 11.8 Å². The largest absolute Gasteiger partial charge is 0.302 e. The lowest BCUT2D eigenvalue weighted by Gasteiger charge is -2.04. The van der Waals surface area contributed by atoms with Gasteiger partial charge in [-0.25, -0.2) is 4.98 Å². The number of carbonyl (C=O) groups excluding carboxylic acids is 1. The van der Waals surface area contributed by atoms with Crippen molar-refractivity contribution < 1.29 is 4.79 Å². The molecule has 0 aliphatic heterocycles. The molecule has 4 aromatic rings. The van der Waals surface area contributed by atoms with E-state index in [1.807, 2.05) is 35.7 Å². The predicted octanol–water partition coefficient (Wildman–Crippen LogP) is 6.77. The van der Waals surface area contributed by atoms with Gasteiger partial charge in [0.1, 0.15) is 0 Å². The molecule has 0 bridgehead atoms. The van der Waals surface area contributed by atoms with Crippen molar-refractivity contribution in [1.29, 1.82) is 0 Å². The topological polar surface area (TPSA) is 42.0 Å². The number of anilines is 1. The first-order valence-corrected chi connectivity index (χ1v) is 11.7. The van der Waals surface area contributed by atoms with Crippen molar-refractivity contribution in [3.8, 4) is 22.4 Å². The maximum atomic E-state index is 12.4. The van der Waals surface area contributed by atoms with Crippen molar-refractivity contribution in [1.82, 2.24) is 4.98 Å². The average molecular weight is 431 g/mol. The monoisotopic (exact) mass is 430 g/mol. The minimum Gasteiger partial charge on any atom is -0.302 e. The first kappa shape index (κ1) is 20.4. The number of benzene rings is 3. The average Bonchev–Trinajstić information content (AvgIpc) is 3.24. The van der Waals surface area contributed by atoms with Crippen molar-refractivity contribution in [2.24, 2.45) is 0 Å². The maximum absolute atomic E-state index is 12.4. The summed E-state index contributed by atoms with van der Waals surface area (Å²) in [6, 6.07) is 26.8. The molecule has 0 atom stereocenters. The number of carbonyl (C=O) groups is 1. The summed E-state index contributed by atoms with van der Waals surface area (Å²) in [5.41, 5.74) is 5.27. The number of hydrogen-bond acceptors (Lipinski definition) is 4. The normalized spacial score (nSPS) is 10.7. The van der Waals surface area contributed by atoms with E-state index < -0.39 is 0 Å². The zero-order chi connectivity index (χ0) is 20.8. The molecule has 150 valence electrons. The highest BCUT2D eigenvalue weighted by atomic mass is 32.2. The molecular formula is C25H22N2OS2. The van der Waals surface area contributed by atoms with Crippen molar-refractivity contribution in [2.75, 3.05) is 11.1 Å². The fraction of sp³-hybridized carbons (Fsp3) is 0.120. The quantitative estimate of drug-likeness (QED) is 0.329. The van der Waals surface area contributed by atoms with Gasteiger partial charge >= 0.3 is 0 Å². The van der Waals surface area contributed by atoms with Crippen LogP contribution in [0, 0.1) is 0 Å². The van der Waals surface area contributed by atoms with Gasteiger partial charge in [-0.15, -0.1) is 23.1 Å². The second kappa shape index (κ2) is 9.74. The first-order chi connectivity index (χ1) is 14.7. The van der Waals surface area contributed by atoms with Gasteiger partial charge in [-0.3, -0.25) is 4.79 Å². The fourth-order valence-corrected chi connectivity index (χ4v) is 4.54. The summed E-state index contributed by atoms with van der Waals surface area (Å²) in [6.45, 7) is 2.13. The number of thioether (sulfide) groups is 1. The molecule has 0 unspecified atom stereocenters. The van der Waals surface area contributed by atoms with Crippen LogP contribution in [0.1, 0.15) is 12.5 Å². The Balaban J connectivity index is 1.38. The Morgan fingerprint density at radius 1 is 0.900 bits per heavy atom. The highest BCUT2D eigenvalue weighted by Gasteiger charge is 2.09.